The van der Waals surface area contributed by atoms with Crippen molar-refractivity contribution in [2.45, 2.75) is 6.04 Å². The second-order valence-corrected chi connectivity index (χ2v) is 7.87. The van der Waals surface area contributed by atoms with Crippen LogP contribution >= 0.6 is 0 Å². The number of hydrogen-bond acceptors (Lipinski definition) is 6. The molecule has 0 aliphatic carbocycles. The summed E-state index contributed by atoms with van der Waals surface area (Å²) in [5, 5.41) is 10.7. The highest BCUT2D eigenvalue weighted by Gasteiger charge is 2.35. The van der Waals surface area contributed by atoms with E-state index in [1.807, 2.05) is 0 Å². The van der Waals surface area contributed by atoms with Crippen molar-refractivity contribution in [2.24, 2.45) is 0 Å². The van der Waals surface area contributed by atoms with Crippen molar-refractivity contribution in [3.05, 3.63) is 34.1 Å². The summed E-state index contributed by atoms with van der Waals surface area (Å²) < 4.78 is 37.6. The molecule has 0 bridgehead atoms. The molecule has 2 aliphatic heterocycles. The highest BCUT2D eigenvalue weighted by molar-refractivity contribution is 7.91. The van der Waals surface area contributed by atoms with Crippen LogP contribution in [0.4, 0.5) is 15.8 Å². The Morgan fingerprint density at radius 1 is 1.27 bits per heavy atom. The molecule has 1 aromatic rings. The SMILES string of the molecule is O=[N+]([O-])c1ccc(N2CCN3CCS(=O)(=O)CC3C2)c(F)c1. The third-order valence-corrected chi connectivity index (χ3v) is 5.92. The Morgan fingerprint density at radius 2 is 2.05 bits per heavy atom. The molecule has 9 heteroatoms. The van der Waals surface area contributed by atoms with Gasteiger partial charge in [-0.2, -0.15) is 0 Å². The molecule has 3 rings (SSSR count). The van der Waals surface area contributed by atoms with Gasteiger partial charge in [-0.05, 0) is 6.07 Å². The molecule has 1 atom stereocenters. The minimum absolute atomic E-state index is 0.0814. The summed E-state index contributed by atoms with van der Waals surface area (Å²) >= 11 is 0. The summed E-state index contributed by atoms with van der Waals surface area (Å²) in [6.45, 7) is 2.17. The molecule has 7 nitrogen and oxygen atoms in total. The first-order valence-corrected chi connectivity index (χ1v) is 8.81. The van der Waals surface area contributed by atoms with Crippen LogP contribution in [0.15, 0.2) is 18.2 Å². The quantitative estimate of drug-likeness (QED) is 0.585. The lowest BCUT2D eigenvalue weighted by molar-refractivity contribution is -0.385. The molecule has 2 aliphatic rings. The van der Waals surface area contributed by atoms with Crippen molar-refractivity contribution in [1.82, 2.24) is 4.90 Å². The summed E-state index contributed by atoms with van der Waals surface area (Å²) in [6, 6.07) is 3.41. The Labute approximate surface area is 127 Å². The third-order valence-electron chi connectivity index (χ3n) is 4.22. The van der Waals surface area contributed by atoms with Crippen molar-refractivity contribution in [3.63, 3.8) is 0 Å². The van der Waals surface area contributed by atoms with Crippen LogP contribution in [-0.2, 0) is 9.84 Å². The lowest BCUT2D eigenvalue weighted by atomic mass is 10.1. The van der Waals surface area contributed by atoms with Crippen molar-refractivity contribution in [2.75, 3.05) is 42.6 Å². The normalized spacial score (nSPS) is 24.8. The Hall–Kier alpha value is -1.74. The van der Waals surface area contributed by atoms with Crippen LogP contribution in [0.1, 0.15) is 0 Å². The minimum atomic E-state index is -3.04. The molecule has 0 amide bonds. The van der Waals surface area contributed by atoms with Gasteiger partial charge in [0.2, 0.25) is 0 Å². The summed E-state index contributed by atoms with van der Waals surface area (Å²) in [7, 11) is -3.04. The zero-order valence-electron chi connectivity index (χ0n) is 11.8. The van der Waals surface area contributed by atoms with Crippen LogP contribution in [0.5, 0.6) is 0 Å². The fourth-order valence-electron chi connectivity index (χ4n) is 3.06. The van der Waals surface area contributed by atoms with Crippen LogP contribution in [-0.4, -0.2) is 62.0 Å². The lowest BCUT2D eigenvalue weighted by Crippen LogP contribution is -2.59. The molecule has 2 saturated heterocycles. The van der Waals surface area contributed by atoms with Gasteiger partial charge in [0.25, 0.3) is 5.69 Å². The van der Waals surface area contributed by atoms with E-state index in [-0.39, 0.29) is 28.9 Å². The zero-order chi connectivity index (χ0) is 15.9. The Bertz CT molecular complexity index is 709. The minimum Gasteiger partial charge on any atom is -0.366 e. The highest BCUT2D eigenvalue weighted by Crippen LogP contribution is 2.27. The second kappa shape index (κ2) is 5.47. The number of nitro groups is 1. The van der Waals surface area contributed by atoms with Gasteiger partial charge in [-0.15, -0.1) is 0 Å². The number of sulfone groups is 1. The van der Waals surface area contributed by atoms with E-state index in [4.69, 9.17) is 0 Å². The first-order valence-electron chi connectivity index (χ1n) is 6.99. The van der Waals surface area contributed by atoms with E-state index in [2.05, 4.69) is 4.90 Å². The molecule has 1 aromatic carbocycles. The first kappa shape index (κ1) is 15.2. The summed E-state index contributed by atoms with van der Waals surface area (Å²) in [5.41, 5.74) is -0.00616. The van der Waals surface area contributed by atoms with E-state index in [1.54, 1.807) is 4.90 Å². The molecule has 2 heterocycles. The van der Waals surface area contributed by atoms with Gasteiger partial charge in [0, 0.05) is 38.3 Å². The molecular formula is C13H16FN3O4S. The van der Waals surface area contributed by atoms with Gasteiger partial charge in [0.15, 0.2) is 15.7 Å². The van der Waals surface area contributed by atoms with Gasteiger partial charge in [-0.1, -0.05) is 0 Å². The van der Waals surface area contributed by atoms with Crippen molar-refractivity contribution in [3.8, 4) is 0 Å². The number of halogens is 1. The fourth-order valence-corrected chi connectivity index (χ4v) is 4.64. The van der Waals surface area contributed by atoms with E-state index >= 15 is 0 Å². The maximum atomic E-state index is 14.1. The van der Waals surface area contributed by atoms with Gasteiger partial charge in [0.05, 0.1) is 28.2 Å². The summed E-state index contributed by atoms with van der Waals surface area (Å²) in [6.07, 6.45) is 0. The summed E-state index contributed by atoms with van der Waals surface area (Å²) in [5.74, 6) is -0.394. The van der Waals surface area contributed by atoms with Gasteiger partial charge in [-0.25, -0.2) is 12.8 Å². The number of hydrogen-bond donors (Lipinski definition) is 0. The number of piperazine rings is 1. The van der Waals surface area contributed by atoms with Crippen molar-refractivity contribution >= 4 is 21.2 Å². The van der Waals surface area contributed by atoms with Crippen LogP contribution in [0.25, 0.3) is 0 Å². The average molecular weight is 329 g/mol. The molecule has 0 saturated carbocycles. The van der Waals surface area contributed by atoms with E-state index in [0.29, 0.717) is 26.2 Å². The Balaban J connectivity index is 1.80. The van der Waals surface area contributed by atoms with Crippen LogP contribution in [0, 0.1) is 15.9 Å². The van der Waals surface area contributed by atoms with Crippen LogP contribution in [0.2, 0.25) is 0 Å². The molecule has 0 aromatic heterocycles. The monoisotopic (exact) mass is 329 g/mol. The van der Waals surface area contributed by atoms with Gasteiger partial charge in [-0.3, -0.25) is 15.0 Å². The topological polar surface area (TPSA) is 83.8 Å². The fraction of sp³-hybridized carbons (Fsp3) is 0.538. The zero-order valence-corrected chi connectivity index (χ0v) is 12.6. The molecule has 1 unspecified atom stereocenters. The molecule has 120 valence electrons. The standard InChI is InChI=1S/C13H16FN3O4S/c14-12-7-10(17(18)19)1-2-13(12)16-4-3-15-5-6-22(20,21)9-11(15)8-16/h1-2,7,11H,3-6,8-9H2. The van der Waals surface area contributed by atoms with E-state index in [1.165, 1.54) is 12.1 Å². The second-order valence-electron chi connectivity index (χ2n) is 5.64. The van der Waals surface area contributed by atoms with Crippen molar-refractivity contribution in [1.29, 1.82) is 0 Å². The number of non-ortho nitro benzene ring substituents is 1. The van der Waals surface area contributed by atoms with E-state index < -0.39 is 20.6 Å². The summed E-state index contributed by atoms with van der Waals surface area (Å²) in [4.78, 5) is 13.9. The number of benzene rings is 1. The smallest absolute Gasteiger partial charge is 0.272 e. The lowest BCUT2D eigenvalue weighted by Gasteiger charge is -2.44. The molecule has 0 N–H and O–H groups in total. The molecule has 0 radical (unpaired) electrons. The van der Waals surface area contributed by atoms with Crippen molar-refractivity contribution < 1.29 is 17.7 Å². The Morgan fingerprint density at radius 3 is 2.73 bits per heavy atom. The number of nitrogens with zero attached hydrogens (tertiary/aromatic N) is 3. The maximum Gasteiger partial charge on any atom is 0.272 e. The van der Waals surface area contributed by atoms with Crippen LogP contribution < -0.4 is 4.90 Å². The average Bonchev–Trinajstić information content (AvgIpc) is 2.45. The number of nitro benzene ring substituents is 1. The molecular weight excluding hydrogens is 313 g/mol. The number of anilines is 1. The molecule has 2 fully saturated rings. The van der Waals surface area contributed by atoms with Crippen LogP contribution in [0.3, 0.4) is 0 Å². The number of fused-ring (bicyclic) bond motifs is 1. The van der Waals surface area contributed by atoms with Gasteiger partial charge < -0.3 is 4.90 Å². The van der Waals surface area contributed by atoms with Gasteiger partial charge in [0.1, 0.15) is 0 Å². The third kappa shape index (κ3) is 2.91. The predicted octanol–water partition coefficient (Wildman–Crippen LogP) is 0.653. The largest absolute Gasteiger partial charge is 0.366 e. The number of rotatable bonds is 2. The maximum absolute atomic E-state index is 14.1. The van der Waals surface area contributed by atoms with E-state index in [0.717, 1.165) is 6.07 Å². The van der Waals surface area contributed by atoms with E-state index in [9.17, 15) is 22.9 Å². The Kier molecular flexibility index (Phi) is 3.77. The highest BCUT2D eigenvalue weighted by atomic mass is 32.2. The molecule has 0 spiro atoms. The predicted molar refractivity (Wildman–Crippen MR) is 79.3 cm³/mol. The first-order chi connectivity index (χ1) is 10.4. The van der Waals surface area contributed by atoms with Gasteiger partial charge >= 0.3 is 0 Å². The molecule has 22 heavy (non-hydrogen) atoms.